The van der Waals surface area contributed by atoms with E-state index in [4.69, 9.17) is 4.42 Å². The van der Waals surface area contributed by atoms with Crippen LogP contribution < -0.4 is 4.72 Å². The van der Waals surface area contributed by atoms with E-state index in [0.29, 0.717) is 16.9 Å². The molecule has 0 saturated carbocycles. The zero-order chi connectivity index (χ0) is 15.7. The fourth-order valence-electron chi connectivity index (χ4n) is 2.25. The van der Waals surface area contributed by atoms with Crippen molar-refractivity contribution in [2.24, 2.45) is 4.99 Å². The Hall–Kier alpha value is -2.41. The zero-order valence-electron chi connectivity index (χ0n) is 11.7. The fraction of sp³-hybridized carbons (Fsp3) is 0.133. The summed E-state index contributed by atoms with van der Waals surface area (Å²) in [6.07, 6.45) is 1.53. The third-order valence-electron chi connectivity index (χ3n) is 3.28. The second kappa shape index (κ2) is 5.42. The average Bonchev–Trinajstić information content (AvgIpc) is 3.05. The van der Waals surface area contributed by atoms with Crippen LogP contribution in [0.5, 0.6) is 0 Å². The van der Waals surface area contributed by atoms with Gasteiger partial charge in [-0.15, -0.1) is 0 Å². The van der Waals surface area contributed by atoms with Crippen molar-refractivity contribution >= 4 is 20.8 Å². The topological polar surface area (TPSA) is 71.7 Å². The molecule has 0 radical (unpaired) electrons. The Morgan fingerprint density at radius 2 is 1.95 bits per heavy atom. The number of nitrogens with one attached hydrogen (secondary N) is 1. The van der Waals surface area contributed by atoms with E-state index in [9.17, 15) is 12.8 Å². The molecular formula is C15H13FN2O3S. The largest absolute Gasteiger partial charge is 0.467 e. The van der Waals surface area contributed by atoms with Crippen LogP contribution >= 0.6 is 0 Å². The van der Waals surface area contributed by atoms with Crippen LogP contribution in [0.3, 0.4) is 0 Å². The average molecular weight is 320 g/mol. The van der Waals surface area contributed by atoms with Gasteiger partial charge >= 0.3 is 0 Å². The maximum absolute atomic E-state index is 13.0. The molecule has 1 aliphatic heterocycles. The molecule has 114 valence electrons. The predicted molar refractivity (Wildman–Crippen MR) is 80.9 cm³/mol. The minimum absolute atomic E-state index is 0.116. The van der Waals surface area contributed by atoms with Gasteiger partial charge in [-0.2, -0.15) is 0 Å². The number of rotatable bonds is 3. The van der Waals surface area contributed by atoms with Crippen LogP contribution in [-0.4, -0.2) is 14.3 Å². The number of aliphatic imine (C=N–C) groups is 1. The monoisotopic (exact) mass is 320 g/mol. The molecule has 2 heterocycles. The number of benzene rings is 1. The fourth-order valence-corrected chi connectivity index (χ4v) is 3.77. The van der Waals surface area contributed by atoms with E-state index in [-0.39, 0.29) is 17.3 Å². The van der Waals surface area contributed by atoms with Gasteiger partial charge in [0.25, 0.3) is 10.0 Å². The number of nitrogens with zero attached hydrogens (tertiary/aromatic N) is 1. The van der Waals surface area contributed by atoms with Crippen molar-refractivity contribution in [1.82, 2.24) is 4.72 Å². The highest BCUT2D eigenvalue weighted by molar-refractivity contribution is 8.00. The second-order valence-electron chi connectivity index (χ2n) is 4.81. The molecule has 1 aromatic heterocycles. The quantitative estimate of drug-likeness (QED) is 0.945. The van der Waals surface area contributed by atoms with Crippen LogP contribution in [0.15, 0.2) is 57.6 Å². The molecule has 0 bridgehead atoms. The third-order valence-corrected chi connectivity index (χ3v) is 4.82. The Bertz CT molecular complexity index is 851. The first-order valence-electron chi connectivity index (χ1n) is 6.54. The van der Waals surface area contributed by atoms with Crippen molar-refractivity contribution < 1.29 is 17.2 Å². The molecule has 0 saturated heterocycles. The lowest BCUT2D eigenvalue weighted by Crippen LogP contribution is -2.23. The van der Waals surface area contributed by atoms with Gasteiger partial charge in [0.05, 0.1) is 12.8 Å². The third kappa shape index (κ3) is 2.67. The highest BCUT2D eigenvalue weighted by atomic mass is 32.2. The number of amidine groups is 1. The number of sulfonamides is 1. The van der Waals surface area contributed by atoms with Crippen molar-refractivity contribution in [1.29, 1.82) is 0 Å². The van der Waals surface area contributed by atoms with Crippen LogP contribution in [0.25, 0.3) is 4.91 Å². The van der Waals surface area contributed by atoms with Gasteiger partial charge in [0.1, 0.15) is 22.3 Å². The number of hydrogen-bond donors (Lipinski definition) is 1. The van der Waals surface area contributed by atoms with Crippen molar-refractivity contribution in [3.8, 4) is 0 Å². The molecule has 7 heteroatoms. The van der Waals surface area contributed by atoms with E-state index >= 15 is 0 Å². The number of hydrogen-bond acceptors (Lipinski definition) is 4. The van der Waals surface area contributed by atoms with E-state index in [1.54, 1.807) is 19.1 Å². The van der Waals surface area contributed by atoms with Gasteiger partial charge < -0.3 is 4.42 Å². The van der Waals surface area contributed by atoms with E-state index in [1.165, 1.54) is 30.5 Å². The van der Waals surface area contributed by atoms with Crippen LogP contribution in [-0.2, 0) is 16.6 Å². The van der Waals surface area contributed by atoms with Crippen molar-refractivity contribution in [2.75, 3.05) is 0 Å². The van der Waals surface area contributed by atoms with Gasteiger partial charge in [-0.1, -0.05) is 12.1 Å². The zero-order valence-corrected chi connectivity index (χ0v) is 12.5. The first-order valence-corrected chi connectivity index (χ1v) is 8.02. The first kappa shape index (κ1) is 14.5. The van der Waals surface area contributed by atoms with Crippen molar-refractivity contribution in [3.05, 3.63) is 65.4 Å². The highest BCUT2D eigenvalue weighted by Crippen LogP contribution is 2.29. The molecule has 5 nitrogen and oxygen atoms in total. The normalized spacial score (nSPS) is 18.7. The Kier molecular flexibility index (Phi) is 3.58. The number of halogens is 1. The second-order valence-corrected chi connectivity index (χ2v) is 6.43. The lowest BCUT2D eigenvalue weighted by Gasteiger charge is -2.02. The molecule has 0 spiro atoms. The van der Waals surface area contributed by atoms with E-state index in [0.717, 1.165) is 0 Å². The minimum Gasteiger partial charge on any atom is -0.467 e. The Labute approximate surface area is 127 Å². The maximum atomic E-state index is 13.0. The molecule has 1 N–H and O–H groups in total. The smallest absolute Gasteiger partial charge is 0.264 e. The molecule has 2 aromatic rings. The lowest BCUT2D eigenvalue weighted by molar-refractivity contribution is 0.512. The van der Waals surface area contributed by atoms with Gasteiger partial charge in [0.2, 0.25) is 0 Å². The molecule has 0 atom stereocenters. The number of furan rings is 1. The molecule has 3 rings (SSSR count). The van der Waals surface area contributed by atoms with Gasteiger partial charge in [-0.25, -0.2) is 12.8 Å². The summed E-state index contributed by atoms with van der Waals surface area (Å²) in [5.74, 6) is 0.488. The predicted octanol–water partition coefficient (Wildman–Crippen LogP) is 2.68. The molecule has 1 aliphatic rings. The van der Waals surface area contributed by atoms with Crippen LogP contribution in [0, 0.1) is 5.82 Å². The van der Waals surface area contributed by atoms with E-state index < -0.39 is 15.8 Å². The summed E-state index contributed by atoms with van der Waals surface area (Å²) in [6, 6.07) is 8.81. The summed E-state index contributed by atoms with van der Waals surface area (Å²) >= 11 is 0. The van der Waals surface area contributed by atoms with Gasteiger partial charge in [0, 0.05) is 5.57 Å². The Morgan fingerprint density at radius 3 is 2.59 bits per heavy atom. The van der Waals surface area contributed by atoms with Gasteiger partial charge in [0.15, 0.2) is 0 Å². The molecule has 1 aromatic carbocycles. The first-order chi connectivity index (χ1) is 10.5. The van der Waals surface area contributed by atoms with Crippen LogP contribution in [0.1, 0.15) is 18.2 Å². The standard InChI is InChI=1S/C15H13FN2O3S/c1-10-14(11-4-6-12(16)7-5-11)22(19,20)18-15(10)17-9-13-3-2-8-21-13/h2-8H,9H2,1H3,(H,17,18). The van der Waals surface area contributed by atoms with Crippen molar-refractivity contribution in [3.63, 3.8) is 0 Å². The summed E-state index contributed by atoms with van der Waals surface area (Å²) in [7, 11) is -3.70. The molecule has 22 heavy (non-hydrogen) atoms. The highest BCUT2D eigenvalue weighted by Gasteiger charge is 2.32. The Balaban J connectivity index is 1.99. The molecule has 0 fully saturated rings. The summed E-state index contributed by atoms with van der Waals surface area (Å²) in [5.41, 5.74) is 0.924. The molecular weight excluding hydrogens is 307 g/mol. The SMILES string of the molecule is CC1=C(c2ccc(F)cc2)S(=O)(=O)NC1=NCc1ccco1. The molecule has 0 aliphatic carbocycles. The van der Waals surface area contributed by atoms with Crippen LogP contribution in [0.4, 0.5) is 4.39 Å². The van der Waals surface area contributed by atoms with Crippen molar-refractivity contribution in [2.45, 2.75) is 13.5 Å². The van der Waals surface area contributed by atoms with E-state index in [1.807, 2.05) is 0 Å². The Morgan fingerprint density at radius 1 is 1.23 bits per heavy atom. The minimum atomic E-state index is -3.70. The van der Waals surface area contributed by atoms with Gasteiger partial charge in [-0.3, -0.25) is 9.71 Å². The summed E-state index contributed by atoms with van der Waals surface area (Å²) in [6.45, 7) is 1.90. The van der Waals surface area contributed by atoms with Gasteiger partial charge in [-0.05, 0) is 36.8 Å². The molecule has 0 amide bonds. The van der Waals surface area contributed by atoms with Crippen LogP contribution in [0.2, 0.25) is 0 Å². The summed E-state index contributed by atoms with van der Waals surface area (Å²) < 4.78 is 45.1. The lowest BCUT2D eigenvalue weighted by atomic mass is 10.1. The molecule has 0 unspecified atom stereocenters. The summed E-state index contributed by atoms with van der Waals surface area (Å²) in [4.78, 5) is 4.35. The summed E-state index contributed by atoms with van der Waals surface area (Å²) in [5, 5.41) is 0. The van der Waals surface area contributed by atoms with E-state index in [2.05, 4.69) is 9.71 Å². The maximum Gasteiger partial charge on any atom is 0.264 e.